The standard InChI is InChI=1S/C7H5F3N/c8-7(9,10)5-6-1-3-11-4-2-6/h1-3H,5H2. The Kier molecular flexibility index (Phi) is 2.12. The van der Waals surface area contributed by atoms with Crippen molar-refractivity contribution in [3.05, 3.63) is 30.1 Å². The van der Waals surface area contributed by atoms with Gasteiger partial charge in [0.2, 0.25) is 0 Å². The fourth-order valence-electron chi connectivity index (χ4n) is 0.686. The zero-order chi connectivity index (χ0) is 8.32. The van der Waals surface area contributed by atoms with Crippen LogP contribution in [-0.2, 0) is 6.42 Å². The monoisotopic (exact) mass is 160 g/mol. The van der Waals surface area contributed by atoms with Gasteiger partial charge in [-0.3, -0.25) is 4.98 Å². The largest absolute Gasteiger partial charge is 0.393 e. The molecule has 0 spiro atoms. The smallest absolute Gasteiger partial charge is 0.255 e. The number of alkyl halides is 3. The summed E-state index contributed by atoms with van der Waals surface area (Å²) >= 11 is 0. The van der Waals surface area contributed by atoms with Crippen LogP contribution in [0.5, 0.6) is 0 Å². The first-order chi connectivity index (χ1) is 5.08. The number of nitrogens with zero attached hydrogens (tertiary/aromatic N) is 1. The molecule has 1 aromatic heterocycles. The second-order valence-electron chi connectivity index (χ2n) is 2.09. The molecule has 0 saturated carbocycles. The first kappa shape index (κ1) is 8.04. The molecule has 59 valence electrons. The summed E-state index contributed by atoms with van der Waals surface area (Å²) < 4.78 is 35.1. The molecule has 0 atom stereocenters. The van der Waals surface area contributed by atoms with Crippen molar-refractivity contribution in [2.75, 3.05) is 0 Å². The van der Waals surface area contributed by atoms with Crippen LogP contribution in [0.4, 0.5) is 13.2 Å². The Morgan fingerprint density at radius 1 is 1.45 bits per heavy atom. The second-order valence-corrected chi connectivity index (χ2v) is 2.09. The van der Waals surface area contributed by atoms with Gasteiger partial charge < -0.3 is 0 Å². The Morgan fingerprint density at radius 3 is 2.64 bits per heavy atom. The molecule has 0 amide bonds. The van der Waals surface area contributed by atoms with Gasteiger partial charge >= 0.3 is 6.18 Å². The maximum atomic E-state index is 11.7. The minimum absolute atomic E-state index is 0.188. The van der Waals surface area contributed by atoms with Gasteiger partial charge in [-0.25, -0.2) is 0 Å². The van der Waals surface area contributed by atoms with E-state index >= 15 is 0 Å². The number of rotatable bonds is 1. The van der Waals surface area contributed by atoms with E-state index in [4.69, 9.17) is 0 Å². The normalized spacial score (nSPS) is 11.5. The van der Waals surface area contributed by atoms with Crippen molar-refractivity contribution >= 4 is 0 Å². The second kappa shape index (κ2) is 2.90. The lowest BCUT2D eigenvalue weighted by Gasteiger charge is -2.04. The van der Waals surface area contributed by atoms with E-state index in [2.05, 4.69) is 11.2 Å². The Bertz CT molecular complexity index is 217. The van der Waals surface area contributed by atoms with Crippen LogP contribution in [0.2, 0.25) is 0 Å². The van der Waals surface area contributed by atoms with Gasteiger partial charge in [-0.05, 0) is 17.7 Å². The molecule has 1 rings (SSSR count). The zero-order valence-electron chi connectivity index (χ0n) is 5.52. The lowest BCUT2D eigenvalue weighted by Crippen LogP contribution is -2.11. The minimum atomic E-state index is -4.14. The number of pyridine rings is 1. The van der Waals surface area contributed by atoms with Crippen molar-refractivity contribution in [2.45, 2.75) is 12.6 Å². The number of hydrogen-bond donors (Lipinski definition) is 0. The van der Waals surface area contributed by atoms with Gasteiger partial charge in [0.15, 0.2) is 0 Å². The van der Waals surface area contributed by atoms with Crippen molar-refractivity contribution in [3.63, 3.8) is 0 Å². The molecule has 0 aliphatic heterocycles. The summed E-state index contributed by atoms with van der Waals surface area (Å²) in [6, 6.07) is 2.55. The molecule has 4 heteroatoms. The van der Waals surface area contributed by atoms with E-state index < -0.39 is 12.6 Å². The first-order valence-corrected chi connectivity index (χ1v) is 2.96. The third kappa shape index (κ3) is 3.02. The number of halogens is 3. The zero-order valence-corrected chi connectivity index (χ0v) is 5.52. The summed E-state index contributed by atoms with van der Waals surface area (Å²) in [5.74, 6) is 0. The van der Waals surface area contributed by atoms with Crippen molar-refractivity contribution in [2.24, 2.45) is 0 Å². The van der Waals surface area contributed by atoms with Gasteiger partial charge in [0.1, 0.15) is 0 Å². The van der Waals surface area contributed by atoms with Crippen LogP contribution in [-0.4, -0.2) is 11.2 Å². The minimum Gasteiger partial charge on any atom is -0.255 e. The van der Waals surface area contributed by atoms with E-state index in [9.17, 15) is 13.2 Å². The number of hydrogen-bond acceptors (Lipinski definition) is 1. The molecule has 0 aliphatic carbocycles. The van der Waals surface area contributed by atoms with Crippen LogP contribution in [0.3, 0.4) is 0 Å². The topological polar surface area (TPSA) is 12.9 Å². The third-order valence-electron chi connectivity index (χ3n) is 1.09. The van der Waals surface area contributed by atoms with Crippen LogP contribution in [0.25, 0.3) is 0 Å². The molecule has 0 saturated heterocycles. The first-order valence-electron chi connectivity index (χ1n) is 2.96. The van der Waals surface area contributed by atoms with Gasteiger partial charge in [-0.1, -0.05) is 0 Å². The van der Waals surface area contributed by atoms with Crippen molar-refractivity contribution in [3.8, 4) is 0 Å². The van der Waals surface area contributed by atoms with Crippen molar-refractivity contribution < 1.29 is 13.2 Å². The maximum Gasteiger partial charge on any atom is 0.393 e. The Balaban J connectivity index is 2.66. The molecule has 1 nitrogen and oxygen atoms in total. The van der Waals surface area contributed by atoms with Crippen molar-refractivity contribution in [1.82, 2.24) is 4.98 Å². The Hall–Kier alpha value is -1.06. The van der Waals surface area contributed by atoms with E-state index in [1.165, 1.54) is 18.3 Å². The SMILES string of the molecule is FC(F)(F)Cc1c[c]ncc1. The summed E-state index contributed by atoms with van der Waals surface area (Å²) in [6.07, 6.45) is -1.43. The highest BCUT2D eigenvalue weighted by molar-refractivity contribution is 5.09. The molecule has 0 aromatic carbocycles. The predicted molar refractivity (Wildman–Crippen MR) is 32.8 cm³/mol. The van der Waals surface area contributed by atoms with Gasteiger partial charge in [-0.15, -0.1) is 0 Å². The molecule has 0 bridgehead atoms. The van der Waals surface area contributed by atoms with E-state index in [0.717, 1.165) is 0 Å². The average molecular weight is 160 g/mol. The van der Waals surface area contributed by atoms with Gasteiger partial charge in [0.05, 0.1) is 12.6 Å². The van der Waals surface area contributed by atoms with Crippen LogP contribution < -0.4 is 0 Å². The molecule has 0 aliphatic rings. The van der Waals surface area contributed by atoms with Crippen LogP contribution in [0.1, 0.15) is 5.56 Å². The van der Waals surface area contributed by atoms with E-state index in [1.54, 1.807) is 0 Å². The van der Waals surface area contributed by atoms with Crippen LogP contribution in [0, 0.1) is 6.20 Å². The van der Waals surface area contributed by atoms with E-state index in [1.807, 2.05) is 0 Å². The molecular weight excluding hydrogens is 155 g/mol. The summed E-state index contributed by atoms with van der Waals surface area (Å²) in [7, 11) is 0. The molecule has 1 aromatic rings. The van der Waals surface area contributed by atoms with Gasteiger partial charge in [0.25, 0.3) is 0 Å². The summed E-state index contributed by atoms with van der Waals surface area (Å²) in [5.41, 5.74) is 0.188. The molecule has 11 heavy (non-hydrogen) atoms. The molecular formula is C7H5F3N. The highest BCUT2D eigenvalue weighted by Gasteiger charge is 2.27. The molecule has 0 unspecified atom stereocenters. The third-order valence-corrected chi connectivity index (χ3v) is 1.09. The van der Waals surface area contributed by atoms with Crippen LogP contribution in [0.15, 0.2) is 18.3 Å². The molecule has 1 heterocycles. The quantitative estimate of drug-likeness (QED) is 0.612. The Morgan fingerprint density at radius 2 is 2.18 bits per heavy atom. The van der Waals surface area contributed by atoms with E-state index in [0.29, 0.717) is 0 Å². The van der Waals surface area contributed by atoms with Gasteiger partial charge in [-0.2, -0.15) is 13.2 Å². The number of aromatic nitrogens is 1. The fraction of sp³-hybridized carbons (Fsp3) is 0.286. The van der Waals surface area contributed by atoms with E-state index in [-0.39, 0.29) is 5.56 Å². The highest BCUT2D eigenvalue weighted by Crippen LogP contribution is 2.20. The summed E-state index contributed by atoms with van der Waals surface area (Å²) in [6.45, 7) is 0. The summed E-state index contributed by atoms with van der Waals surface area (Å²) in [5, 5.41) is 0. The van der Waals surface area contributed by atoms with Crippen LogP contribution >= 0.6 is 0 Å². The molecule has 0 N–H and O–H groups in total. The molecule has 1 radical (unpaired) electrons. The average Bonchev–Trinajstić information content (AvgIpc) is 1.85. The summed E-state index contributed by atoms with van der Waals surface area (Å²) in [4.78, 5) is 3.48. The maximum absolute atomic E-state index is 11.7. The Labute approximate surface area is 61.9 Å². The highest BCUT2D eigenvalue weighted by atomic mass is 19.4. The van der Waals surface area contributed by atoms with Gasteiger partial charge in [0, 0.05) is 6.20 Å². The molecule has 0 fully saturated rings. The van der Waals surface area contributed by atoms with Crippen molar-refractivity contribution in [1.29, 1.82) is 0 Å². The lowest BCUT2D eigenvalue weighted by atomic mass is 10.2. The predicted octanol–water partition coefficient (Wildman–Crippen LogP) is 1.99. The lowest BCUT2D eigenvalue weighted by molar-refractivity contribution is -0.127. The fourth-order valence-corrected chi connectivity index (χ4v) is 0.686.